The van der Waals surface area contributed by atoms with E-state index in [4.69, 9.17) is 5.73 Å². The molecule has 0 aromatic carbocycles. The van der Waals surface area contributed by atoms with Crippen molar-refractivity contribution >= 4 is 0 Å². The SMILES string of the molecule is NC(C1=CCCC=C1)C1CCCCC1. The zero-order valence-corrected chi connectivity index (χ0v) is 8.91. The van der Waals surface area contributed by atoms with Crippen LogP contribution < -0.4 is 5.73 Å². The van der Waals surface area contributed by atoms with Gasteiger partial charge in [-0.1, -0.05) is 37.5 Å². The third-order valence-corrected chi connectivity index (χ3v) is 3.57. The predicted molar refractivity (Wildman–Crippen MR) is 61.0 cm³/mol. The lowest BCUT2D eigenvalue weighted by atomic mass is 9.80. The summed E-state index contributed by atoms with van der Waals surface area (Å²) < 4.78 is 0. The number of hydrogen-bond acceptors (Lipinski definition) is 1. The highest BCUT2D eigenvalue weighted by molar-refractivity contribution is 5.27. The van der Waals surface area contributed by atoms with E-state index in [1.54, 1.807) is 0 Å². The quantitative estimate of drug-likeness (QED) is 0.713. The van der Waals surface area contributed by atoms with Crippen molar-refractivity contribution in [1.82, 2.24) is 0 Å². The molecule has 0 amide bonds. The van der Waals surface area contributed by atoms with Crippen molar-refractivity contribution in [1.29, 1.82) is 0 Å². The van der Waals surface area contributed by atoms with E-state index in [0.29, 0.717) is 6.04 Å². The van der Waals surface area contributed by atoms with Gasteiger partial charge in [-0.3, -0.25) is 0 Å². The van der Waals surface area contributed by atoms with Crippen LogP contribution in [0.2, 0.25) is 0 Å². The molecule has 0 aromatic rings. The van der Waals surface area contributed by atoms with Crippen molar-refractivity contribution in [3.63, 3.8) is 0 Å². The fraction of sp³-hybridized carbons (Fsp3) is 0.692. The van der Waals surface area contributed by atoms with Gasteiger partial charge in [-0.15, -0.1) is 0 Å². The zero-order chi connectivity index (χ0) is 9.80. The van der Waals surface area contributed by atoms with E-state index in [9.17, 15) is 0 Å². The number of allylic oxidation sites excluding steroid dienone is 2. The fourth-order valence-corrected chi connectivity index (χ4v) is 2.65. The monoisotopic (exact) mass is 191 g/mol. The minimum atomic E-state index is 0.312. The van der Waals surface area contributed by atoms with E-state index in [2.05, 4.69) is 18.2 Å². The summed E-state index contributed by atoms with van der Waals surface area (Å²) in [5, 5.41) is 0. The largest absolute Gasteiger partial charge is 0.324 e. The maximum atomic E-state index is 6.30. The van der Waals surface area contributed by atoms with E-state index < -0.39 is 0 Å². The molecule has 1 atom stereocenters. The van der Waals surface area contributed by atoms with E-state index >= 15 is 0 Å². The molecule has 2 aliphatic rings. The Balaban J connectivity index is 1.95. The van der Waals surface area contributed by atoms with Crippen molar-refractivity contribution in [2.45, 2.75) is 51.0 Å². The molecule has 2 aliphatic carbocycles. The van der Waals surface area contributed by atoms with E-state index in [0.717, 1.165) is 5.92 Å². The molecule has 78 valence electrons. The normalized spacial score (nSPS) is 25.9. The van der Waals surface area contributed by atoms with Gasteiger partial charge in [-0.05, 0) is 37.2 Å². The molecule has 0 aromatic heterocycles. The van der Waals surface area contributed by atoms with E-state index in [1.807, 2.05) is 0 Å². The fourth-order valence-electron chi connectivity index (χ4n) is 2.65. The van der Waals surface area contributed by atoms with Gasteiger partial charge in [0.05, 0.1) is 0 Å². The number of nitrogens with two attached hydrogens (primary N) is 1. The highest BCUT2D eigenvalue weighted by Gasteiger charge is 2.22. The molecule has 0 heterocycles. The Hall–Kier alpha value is -0.560. The van der Waals surface area contributed by atoms with Crippen molar-refractivity contribution in [2.75, 3.05) is 0 Å². The summed E-state index contributed by atoms with van der Waals surface area (Å²) in [6.45, 7) is 0. The zero-order valence-electron chi connectivity index (χ0n) is 8.91. The van der Waals surface area contributed by atoms with Gasteiger partial charge in [-0.2, -0.15) is 0 Å². The van der Waals surface area contributed by atoms with E-state index in [1.165, 1.54) is 50.5 Å². The molecular formula is C13H21N. The third-order valence-electron chi connectivity index (χ3n) is 3.57. The Morgan fingerprint density at radius 1 is 1.14 bits per heavy atom. The third kappa shape index (κ3) is 2.27. The average molecular weight is 191 g/mol. The maximum Gasteiger partial charge on any atom is 0.0320 e. The summed E-state index contributed by atoms with van der Waals surface area (Å²) >= 11 is 0. The molecule has 2 rings (SSSR count). The molecule has 0 aliphatic heterocycles. The molecule has 0 saturated heterocycles. The van der Waals surface area contributed by atoms with Gasteiger partial charge < -0.3 is 5.73 Å². The highest BCUT2D eigenvalue weighted by Crippen LogP contribution is 2.29. The summed E-state index contributed by atoms with van der Waals surface area (Å²) in [6, 6.07) is 0.312. The standard InChI is InChI=1S/C13H21N/c14-13(11-7-3-1-4-8-11)12-9-5-2-6-10-12/h3,7-8,12-13H,1-2,4-6,9-10,14H2. The average Bonchev–Trinajstić information content (AvgIpc) is 2.30. The Labute approximate surface area is 87.1 Å². The summed E-state index contributed by atoms with van der Waals surface area (Å²) in [4.78, 5) is 0. The highest BCUT2D eigenvalue weighted by atomic mass is 14.7. The van der Waals surface area contributed by atoms with Crippen LogP contribution in [0.25, 0.3) is 0 Å². The van der Waals surface area contributed by atoms with Crippen LogP contribution in [0.3, 0.4) is 0 Å². The second kappa shape index (κ2) is 4.79. The number of rotatable bonds is 2. The minimum Gasteiger partial charge on any atom is -0.324 e. The molecular weight excluding hydrogens is 170 g/mol. The first-order valence-electron chi connectivity index (χ1n) is 6.00. The second-order valence-electron chi connectivity index (χ2n) is 4.61. The molecule has 0 spiro atoms. The topological polar surface area (TPSA) is 26.0 Å². The van der Waals surface area contributed by atoms with Crippen LogP contribution in [0.1, 0.15) is 44.9 Å². The summed E-state index contributed by atoms with van der Waals surface area (Å²) in [7, 11) is 0. The molecule has 1 unspecified atom stereocenters. The summed E-state index contributed by atoms with van der Waals surface area (Å²) in [6.07, 6.45) is 16.1. The van der Waals surface area contributed by atoms with E-state index in [-0.39, 0.29) is 0 Å². The lowest BCUT2D eigenvalue weighted by Crippen LogP contribution is -2.33. The Bertz CT molecular complexity index is 234. The van der Waals surface area contributed by atoms with Gasteiger partial charge in [0.1, 0.15) is 0 Å². The molecule has 1 fully saturated rings. The second-order valence-corrected chi connectivity index (χ2v) is 4.61. The molecule has 14 heavy (non-hydrogen) atoms. The Morgan fingerprint density at radius 3 is 2.57 bits per heavy atom. The van der Waals surface area contributed by atoms with Crippen LogP contribution in [0.15, 0.2) is 23.8 Å². The van der Waals surface area contributed by atoms with Gasteiger partial charge in [0.2, 0.25) is 0 Å². The van der Waals surface area contributed by atoms with Crippen molar-refractivity contribution in [3.05, 3.63) is 23.8 Å². The maximum absolute atomic E-state index is 6.30. The van der Waals surface area contributed by atoms with Crippen molar-refractivity contribution in [2.24, 2.45) is 11.7 Å². The smallest absolute Gasteiger partial charge is 0.0320 e. The predicted octanol–water partition coefficient (Wildman–Crippen LogP) is 3.17. The summed E-state index contributed by atoms with van der Waals surface area (Å²) in [5.74, 6) is 0.748. The first-order chi connectivity index (χ1) is 6.88. The lowest BCUT2D eigenvalue weighted by molar-refractivity contribution is 0.327. The van der Waals surface area contributed by atoms with Crippen LogP contribution in [-0.2, 0) is 0 Å². The Kier molecular flexibility index (Phi) is 3.41. The van der Waals surface area contributed by atoms with Gasteiger partial charge in [-0.25, -0.2) is 0 Å². The molecule has 1 nitrogen and oxygen atoms in total. The van der Waals surface area contributed by atoms with Crippen molar-refractivity contribution < 1.29 is 0 Å². The first kappa shape index (κ1) is 9.97. The van der Waals surface area contributed by atoms with Crippen LogP contribution in [-0.4, -0.2) is 6.04 Å². The van der Waals surface area contributed by atoms with Gasteiger partial charge in [0, 0.05) is 6.04 Å². The summed E-state index contributed by atoms with van der Waals surface area (Å²) in [5.41, 5.74) is 7.70. The molecule has 2 N–H and O–H groups in total. The lowest BCUT2D eigenvalue weighted by Gasteiger charge is -2.29. The first-order valence-corrected chi connectivity index (χ1v) is 6.00. The van der Waals surface area contributed by atoms with Gasteiger partial charge >= 0.3 is 0 Å². The van der Waals surface area contributed by atoms with Gasteiger partial charge in [0.15, 0.2) is 0 Å². The van der Waals surface area contributed by atoms with Crippen LogP contribution in [0.4, 0.5) is 0 Å². The number of hydrogen-bond donors (Lipinski definition) is 1. The Morgan fingerprint density at radius 2 is 1.93 bits per heavy atom. The van der Waals surface area contributed by atoms with Crippen molar-refractivity contribution in [3.8, 4) is 0 Å². The molecule has 1 saturated carbocycles. The minimum absolute atomic E-state index is 0.312. The van der Waals surface area contributed by atoms with Crippen LogP contribution >= 0.6 is 0 Å². The molecule has 0 radical (unpaired) electrons. The molecule has 0 bridgehead atoms. The van der Waals surface area contributed by atoms with Crippen LogP contribution in [0.5, 0.6) is 0 Å². The van der Waals surface area contributed by atoms with Crippen LogP contribution in [0, 0.1) is 5.92 Å². The molecule has 1 heteroatoms. The van der Waals surface area contributed by atoms with Gasteiger partial charge in [0.25, 0.3) is 0 Å².